The van der Waals surface area contributed by atoms with Crippen molar-refractivity contribution in [1.29, 1.82) is 0 Å². The first kappa shape index (κ1) is 16.9. The third-order valence-corrected chi connectivity index (χ3v) is 2.86. The zero-order valence-electron chi connectivity index (χ0n) is 11.9. The standard InChI is InChI=1S/C14H18F2N2O3/c1-14(2,6-5-12(19)20)18-13(21)17-8-9-7-10(15)3-4-11(9)16/h3-4,7H,5-6,8H2,1-2H3,(H,19,20)(H2,17,18,21). The lowest BCUT2D eigenvalue weighted by Crippen LogP contribution is -2.48. The Labute approximate surface area is 121 Å². The van der Waals surface area contributed by atoms with Crippen molar-refractivity contribution in [3.8, 4) is 0 Å². The second-order valence-electron chi connectivity index (χ2n) is 5.32. The number of benzene rings is 1. The van der Waals surface area contributed by atoms with Gasteiger partial charge in [0, 0.05) is 24.1 Å². The summed E-state index contributed by atoms with van der Waals surface area (Å²) in [7, 11) is 0. The summed E-state index contributed by atoms with van der Waals surface area (Å²) in [6.45, 7) is 3.20. The summed E-state index contributed by atoms with van der Waals surface area (Å²) in [5.41, 5.74) is -0.684. The summed E-state index contributed by atoms with van der Waals surface area (Å²) in [4.78, 5) is 22.2. The minimum atomic E-state index is -0.952. The van der Waals surface area contributed by atoms with Gasteiger partial charge in [-0.1, -0.05) is 0 Å². The van der Waals surface area contributed by atoms with Gasteiger partial charge in [-0.25, -0.2) is 13.6 Å². The lowest BCUT2D eigenvalue weighted by atomic mass is 9.99. The average Bonchev–Trinajstić information content (AvgIpc) is 2.37. The maximum Gasteiger partial charge on any atom is 0.315 e. The summed E-state index contributed by atoms with van der Waals surface area (Å²) in [5.74, 6) is -2.15. The molecule has 1 aromatic rings. The van der Waals surface area contributed by atoms with Crippen LogP contribution in [0.2, 0.25) is 0 Å². The van der Waals surface area contributed by atoms with Gasteiger partial charge in [-0.2, -0.15) is 0 Å². The lowest BCUT2D eigenvalue weighted by Gasteiger charge is -2.25. The average molecular weight is 300 g/mol. The summed E-state index contributed by atoms with van der Waals surface area (Å²) in [5, 5.41) is 13.6. The molecule has 0 aliphatic carbocycles. The molecule has 5 nitrogen and oxygen atoms in total. The normalized spacial score (nSPS) is 11.0. The predicted octanol–water partition coefficient (Wildman–Crippen LogP) is 2.41. The van der Waals surface area contributed by atoms with Gasteiger partial charge >= 0.3 is 12.0 Å². The second kappa shape index (κ2) is 7.01. The zero-order chi connectivity index (χ0) is 16.0. The Balaban J connectivity index is 2.50. The van der Waals surface area contributed by atoms with E-state index in [2.05, 4.69) is 10.6 Å². The van der Waals surface area contributed by atoms with E-state index >= 15 is 0 Å². The molecule has 0 fully saturated rings. The van der Waals surface area contributed by atoms with Crippen LogP contribution in [-0.2, 0) is 11.3 Å². The zero-order valence-corrected chi connectivity index (χ0v) is 11.9. The van der Waals surface area contributed by atoms with Gasteiger partial charge in [0.1, 0.15) is 11.6 Å². The first-order chi connectivity index (χ1) is 9.69. The van der Waals surface area contributed by atoms with E-state index in [-0.39, 0.29) is 24.9 Å². The SMILES string of the molecule is CC(C)(CCC(=O)O)NC(=O)NCc1cc(F)ccc1F. The minimum absolute atomic E-state index is 0.0356. The molecule has 0 unspecified atom stereocenters. The number of rotatable bonds is 6. The number of carboxylic acids is 1. The Bertz CT molecular complexity index is 533. The second-order valence-corrected chi connectivity index (χ2v) is 5.32. The monoisotopic (exact) mass is 300 g/mol. The fourth-order valence-electron chi connectivity index (χ4n) is 1.69. The molecule has 0 aliphatic rings. The van der Waals surface area contributed by atoms with E-state index in [4.69, 9.17) is 5.11 Å². The summed E-state index contributed by atoms with van der Waals surface area (Å²) in [6.07, 6.45) is 0.176. The molecule has 0 radical (unpaired) electrons. The highest BCUT2D eigenvalue weighted by molar-refractivity contribution is 5.75. The van der Waals surface area contributed by atoms with Crippen LogP contribution in [0, 0.1) is 11.6 Å². The fraction of sp³-hybridized carbons (Fsp3) is 0.429. The van der Waals surface area contributed by atoms with Crippen molar-refractivity contribution in [2.45, 2.75) is 38.8 Å². The van der Waals surface area contributed by atoms with Crippen molar-refractivity contribution in [2.24, 2.45) is 0 Å². The Hall–Kier alpha value is -2.18. The van der Waals surface area contributed by atoms with Crippen molar-refractivity contribution < 1.29 is 23.5 Å². The number of amides is 2. The number of urea groups is 1. The number of hydrogen-bond donors (Lipinski definition) is 3. The first-order valence-corrected chi connectivity index (χ1v) is 6.41. The Morgan fingerprint density at radius 3 is 2.57 bits per heavy atom. The van der Waals surface area contributed by atoms with Crippen LogP contribution in [0.25, 0.3) is 0 Å². The summed E-state index contributed by atoms with van der Waals surface area (Å²) < 4.78 is 26.3. The van der Waals surface area contributed by atoms with Crippen LogP contribution in [0.3, 0.4) is 0 Å². The molecule has 2 amide bonds. The first-order valence-electron chi connectivity index (χ1n) is 6.41. The van der Waals surface area contributed by atoms with Gasteiger partial charge in [-0.15, -0.1) is 0 Å². The summed E-state index contributed by atoms with van der Waals surface area (Å²) in [6, 6.07) is 2.41. The molecule has 0 aromatic heterocycles. The molecule has 0 bridgehead atoms. The van der Waals surface area contributed by atoms with Crippen LogP contribution in [0.15, 0.2) is 18.2 Å². The molecule has 7 heteroatoms. The van der Waals surface area contributed by atoms with Crippen LogP contribution >= 0.6 is 0 Å². The number of carbonyl (C=O) groups is 2. The molecule has 1 aromatic carbocycles. The Kier molecular flexibility index (Phi) is 5.63. The topological polar surface area (TPSA) is 78.4 Å². The van der Waals surface area contributed by atoms with Crippen LogP contribution < -0.4 is 10.6 Å². The quantitative estimate of drug-likeness (QED) is 0.755. The van der Waals surface area contributed by atoms with Gasteiger partial charge < -0.3 is 15.7 Å². The predicted molar refractivity (Wildman–Crippen MR) is 72.7 cm³/mol. The molecular formula is C14H18F2N2O3. The van der Waals surface area contributed by atoms with Gasteiger partial charge in [-0.05, 0) is 38.5 Å². The maximum absolute atomic E-state index is 13.4. The van der Waals surface area contributed by atoms with Crippen LogP contribution in [0.5, 0.6) is 0 Å². The lowest BCUT2D eigenvalue weighted by molar-refractivity contribution is -0.137. The van der Waals surface area contributed by atoms with E-state index in [9.17, 15) is 18.4 Å². The van der Waals surface area contributed by atoms with Crippen molar-refractivity contribution >= 4 is 12.0 Å². The molecule has 0 heterocycles. The van der Waals surface area contributed by atoms with Gasteiger partial charge in [-0.3, -0.25) is 4.79 Å². The van der Waals surface area contributed by atoms with Crippen LogP contribution in [0.4, 0.5) is 13.6 Å². The molecule has 0 saturated heterocycles. The molecule has 3 N–H and O–H groups in total. The van der Waals surface area contributed by atoms with E-state index in [0.717, 1.165) is 18.2 Å². The third-order valence-electron chi connectivity index (χ3n) is 2.86. The highest BCUT2D eigenvalue weighted by Gasteiger charge is 2.21. The van der Waals surface area contributed by atoms with Crippen LogP contribution in [-0.4, -0.2) is 22.6 Å². The van der Waals surface area contributed by atoms with E-state index in [1.807, 2.05) is 0 Å². The summed E-state index contributed by atoms with van der Waals surface area (Å²) >= 11 is 0. The van der Waals surface area contributed by atoms with Gasteiger partial charge in [0.25, 0.3) is 0 Å². The molecule has 21 heavy (non-hydrogen) atoms. The molecule has 1 rings (SSSR count). The fourth-order valence-corrected chi connectivity index (χ4v) is 1.69. The van der Waals surface area contributed by atoms with Crippen molar-refractivity contribution in [3.63, 3.8) is 0 Å². The van der Waals surface area contributed by atoms with Gasteiger partial charge in [0.15, 0.2) is 0 Å². The number of halogens is 2. The smallest absolute Gasteiger partial charge is 0.315 e. The van der Waals surface area contributed by atoms with E-state index in [1.54, 1.807) is 13.8 Å². The van der Waals surface area contributed by atoms with Crippen LogP contribution in [0.1, 0.15) is 32.3 Å². The molecule has 0 aliphatic heterocycles. The highest BCUT2D eigenvalue weighted by Crippen LogP contribution is 2.12. The Morgan fingerprint density at radius 2 is 1.95 bits per heavy atom. The largest absolute Gasteiger partial charge is 0.481 e. The van der Waals surface area contributed by atoms with Crippen molar-refractivity contribution in [2.75, 3.05) is 0 Å². The number of carbonyl (C=O) groups excluding carboxylic acids is 1. The molecular weight excluding hydrogens is 282 g/mol. The Morgan fingerprint density at radius 1 is 1.29 bits per heavy atom. The van der Waals surface area contributed by atoms with E-state index < -0.39 is 29.2 Å². The van der Waals surface area contributed by atoms with E-state index in [0.29, 0.717) is 0 Å². The highest BCUT2D eigenvalue weighted by atomic mass is 19.1. The van der Waals surface area contributed by atoms with E-state index in [1.165, 1.54) is 0 Å². The molecule has 0 spiro atoms. The minimum Gasteiger partial charge on any atom is -0.481 e. The van der Waals surface area contributed by atoms with Gasteiger partial charge in [0.05, 0.1) is 0 Å². The van der Waals surface area contributed by atoms with Crippen molar-refractivity contribution in [3.05, 3.63) is 35.4 Å². The number of carboxylic acid groups (broad SMARTS) is 1. The molecule has 0 saturated carbocycles. The number of aliphatic carboxylic acids is 1. The molecule has 116 valence electrons. The maximum atomic E-state index is 13.4. The third kappa shape index (κ3) is 6.20. The van der Waals surface area contributed by atoms with Crippen molar-refractivity contribution in [1.82, 2.24) is 10.6 Å². The number of nitrogens with one attached hydrogen (secondary N) is 2. The number of hydrogen-bond acceptors (Lipinski definition) is 2. The van der Waals surface area contributed by atoms with Gasteiger partial charge in [0.2, 0.25) is 0 Å². The molecule has 0 atom stereocenters.